The van der Waals surface area contributed by atoms with Crippen molar-refractivity contribution >= 4 is 5.96 Å². The minimum atomic E-state index is 0.484. The van der Waals surface area contributed by atoms with E-state index in [2.05, 4.69) is 49.1 Å². The van der Waals surface area contributed by atoms with Gasteiger partial charge in [-0.3, -0.25) is 4.99 Å². The summed E-state index contributed by atoms with van der Waals surface area (Å²) in [6, 6.07) is 0.484. The number of ether oxygens (including phenoxy) is 1. The highest BCUT2D eigenvalue weighted by Crippen LogP contribution is 2.10. The molecule has 1 aliphatic heterocycles. The Kier molecular flexibility index (Phi) is 9.41. The third kappa shape index (κ3) is 6.92. The van der Waals surface area contributed by atoms with Crippen LogP contribution in [0, 0.1) is 0 Å². The number of methoxy groups -OCH3 is 1. The van der Waals surface area contributed by atoms with Crippen LogP contribution in [0.4, 0.5) is 0 Å². The molecule has 0 saturated carbocycles. The fourth-order valence-electron chi connectivity index (χ4n) is 3.25. The van der Waals surface area contributed by atoms with Gasteiger partial charge in [-0.15, -0.1) is 10.2 Å². The van der Waals surface area contributed by atoms with E-state index in [1.165, 1.54) is 13.0 Å². The van der Waals surface area contributed by atoms with E-state index in [9.17, 15) is 0 Å². The molecule has 0 atom stereocenters. The fraction of sp³-hybridized carbons (Fsp3) is 0.833. The van der Waals surface area contributed by atoms with E-state index >= 15 is 0 Å². The Morgan fingerprint density at radius 2 is 2.12 bits per heavy atom. The molecule has 26 heavy (non-hydrogen) atoms. The second-order valence-electron chi connectivity index (χ2n) is 6.70. The molecule has 0 aromatic carbocycles. The molecule has 0 aliphatic carbocycles. The lowest BCUT2D eigenvalue weighted by atomic mass is 10.1. The van der Waals surface area contributed by atoms with Crippen LogP contribution in [-0.2, 0) is 17.7 Å². The maximum atomic E-state index is 5.13. The number of nitrogens with one attached hydrogen (secondary N) is 2. The third-order valence-electron chi connectivity index (χ3n) is 4.69. The predicted octanol–water partition coefficient (Wildman–Crippen LogP) is 0.897. The van der Waals surface area contributed by atoms with Crippen molar-refractivity contribution in [3.8, 4) is 0 Å². The summed E-state index contributed by atoms with van der Waals surface area (Å²) in [4.78, 5) is 7.19. The number of rotatable bonds is 10. The van der Waals surface area contributed by atoms with Gasteiger partial charge in [0.2, 0.25) is 0 Å². The van der Waals surface area contributed by atoms with E-state index in [0.29, 0.717) is 19.2 Å². The standard InChI is InChI=1S/C18H35N7O/c1-4-10-24-11-6-16(7-12-24)22-18(20-9-14-26-3)19-8-13-25-15-21-23-17(25)5-2/h15-16H,4-14H2,1-3H3,(H2,19,20,22). The van der Waals surface area contributed by atoms with E-state index in [1.54, 1.807) is 13.4 Å². The number of nitrogens with zero attached hydrogens (tertiary/aromatic N) is 5. The largest absolute Gasteiger partial charge is 0.383 e. The van der Waals surface area contributed by atoms with Crippen molar-refractivity contribution in [1.82, 2.24) is 30.3 Å². The van der Waals surface area contributed by atoms with Crippen molar-refractivity contribution < 1.29 is 4.74 Å². The van der Waals surface area contributed by atoms with Gasteiger partial charge in [0, 0.05) is 45.8 Å². The van der Waals surface area contributed by atoms with Crippen LogP contribution in [0.1, 0.15) is 38.9 Å². The smallest absolute Gasteiger partial charge is 0.191 e. The topological polar surface area (TPSA) is 79.6 Å². The molecule has 0 spiro atoms. The number of aromatic nitrogens is 3. The molecular formula is C18H35N7O. The number of hydrogen-bond donors (Lipinski definition) is 2. The quantitative estimate of drug-likeness (QED) is 0.364. The summed E-state index contributed by atoms with van der Waals surface area (Å²) >= 11 is 0. The number of aryl methyl sites for hydroxylation is 1. The monoisotopic (exact) mass is 365 g/mol. The summed E-state index contributed by atoms with van der Waals surface area (Å²) in [5.41, 5.74) is 0. The lowest BCUT2D eigenvalue weighted by Gasteiger charge is -2.32. The van der Waals surface area contributed by atoms with E-state index in [0.717, 1.165) is 57.2 Å². The maximum absolute atomic E-state index is 5.13. The predicted molar refractivity (Wildman–Crippen MR) is 104 cm³/mol. The molecule has 8 heteroatoms. The first-order valence-electron chi connectivity index (χ1n) is 9.89. The molecule has 1 fully saturated rings. The summed E-state index contributed by atoms with van der Waals surface area (Å²) in [5, 5.41) is 15.2. The number of aliphatic imine (C=N–C) groups is 1. The molecule has 1 aromatic heterocycles. The number of piperidine rings is 1. The van der Waals surface area contributed by atoms with E-state index < -0.39 is 0 Å². The molecule has 0 amide bonds. The van der Waals surface area contributed by atoms with Crippen LogP contribution in [0.2, 0.25) is 0 Å². The van der Waals surface area contributed by atoms with Crippen LogP contribution < -0.4 is 10.6 Å². The minimum Gasteiger partial charge on any atom is -0.383 e. The molecule has 2 heterocycles. The van der Waals surface area contributed by atoms with Crippen LogP contribution in [0.5, 0.6) is 0 Å². The lowest BCUT2D eigenvalue weighted by molar-refractivity contribution is 0.204. The molecule has 8 nitrogen and oxygen atoms in total. The molecule has 0 radical (unpaired) electrons. The van der Waals surface area contributed by atoms with Crippen LogP contribution in [-0.4, -0.2) is 78.1 Å². The highest BCUT2D eigenvalue weighted by Gasteiger charge is 2.19. The van der Waals surface area contributed by atoms with Gasteiger partial charge in [0.1, 0.15) is 12.2 Å². The van der Waals surface area contributed by atoms with Crippen molar-refractivity contribution in [3.63, 3.8) is 0 Å². The first-order valence-corrected chi connectivity index (χ1v) is 9.89. The van der Waals surface area contributed by atoms with Crippen molar-refractivity contribution in [2.45, 2.75) is 52.1 Å². The number of likely N-dealkylation sites (tertiary alicyclic amines) is 1. The van der Waals surface area contributed by atoms with Gasteiger partial charge in [0.05, 0.1) is 13.2 Å². The van der Waals surface area contributed by atoms with Crippen molar-refractivity contribution in [3.05, 3.63) is 12.2 Å². The Morgan fingerprint density at radius 1 is 1.31 bits per heavy atom. The molecule has 0 bridgehead atoms. The molecule has 1 saturated heterocycles. The average Bonchev–Trinajstić information content (AvgIpc) is 3.11. The summed E-state index contributed by atoms with van der Waals surface area (Å²) < 4.78 is 7.21. The highest BCUT2D eigenvalue weighted by molar-refractivity contribution is 5.80. The first-order chi connectivity index (χ1) is 12.8. The SMILES string of the molecule is CCCN1CCC(NC(=NCCOC)NCCn2cnnc2CC)CC1. The Balaban J connectivity index is 1.80. The molecule has 1 aromatic rings. The van der Waals surface area contributed by atoms with Crippen molar-refractivity contribution in [2.24, 2.45) is 4.99 Å². The fourth-order valence-corrected chi connectivity index (χ4v) is 3.25. The Morgan fingerprint density at radius 3 is 2.81 bits per heavy atom. The molecule has 2 N–H and O–H groups in total. The first kappa shape index (κ1) is 20.6. The molecule has 1 aliphatic rings. The maximum Gasteiger partial charge on any atom is 0.191 e. The Hall–Kier alpha value is -1.67. The van der Waals surface area contributed by atoms with Gasteiger partial charge in [-0.1, -0.05) is 13.8 Å². The zero-order valence-corrected chi connectivity index (χ0v) is 16.6. The summed E-state index contributed by atoms with van der Waals surface area (Å²) in [5.74, 6) is 1.89. The minimum absolute atomic E-state index is 0.484. The Bertz CT molecular complexity index is 523. The zero-order chi connectivity index (χ0) is 18.6. The van der Waals surface area contributed by atoms with Gasteiger partial charge < -0.3 is 24.8 Å². The van der Waals surface area contributed by atoms with Gasteiger partial charge in [0.25, 0.3) is 0 Å². The second-order valence-corrected chi connectivity index (χ2v) is 6.70. The van der Waals surface area contributed by atoms with E-state index in [1.807, 2.05) is 0 Å². The Labute approximate surface area is 157 Å². The van der Waals surface area contributed by atoms with Gasteiger partial charge in [-0.05, 0) is 25.8 Å². The van der Waals surface area contributed by atoms with E-state index in [-0.39, 0.29) is 0 Å². The number of hydrogen-bond acceptors (Lipinski definition) is 5. The normalized spacial score (nSPS) is 16.8. The molecule has 2 rings (SSSR count). The van der Waals surface area contributed by atoms with Gasteiger partial charge in [-0.25, -0.2) is 0 Å². The van der Waals surface area contributed by atoms with Crippen LogP contribution in [0.25, 0.3) is 0 Å². The highest BCUT2D eigenvalue weighted by atomic mass is 16.5. The van der Waals surface area contributed by atoms with Gasteiger partial charge in [0.15, 0.2) is 5.96 Å². The molecular weight excluding hydrogens is 330 g/mol. The summed E-state index contributed by atoms with van der Waals surface area (Å²) in [6.45, 7) is 10.8. The summed E-state index contributed by atoms with van der Waals surface area (Å²) in [7, 11) is 1.71. The van der Waals surface area contributed by atoms with Gasteiger partial charge in [-0.2, -0.15) is 0 Å². The van der Waals surface area contributed by atoms with Crippen LogP contribution in [0.15, 0.2) is 11.3 Å². The lowest BCUT2D eigenvalue weighted by Crippen LogP contribution is -2.49. The summed E-state index contributed by atoms with van der Waals surface area (Å²) in [6.07, 6.45) is 6.24. The van der Waals surface area contributed by atoms with Crippen molar-refractivity contribution in [2.75, 3.05) is 46.4 Å². The van der Waals surface area contributed by atoms with Crippen molar-refractivity contribution in [1.29, 1.82) is 0 Å². The molecule has 148 valence electrons. The van der Waals surface area contributed by atoms with E-state index in [4.69, 9.17) is 4.74 Å². The third-order valence-corrected chi connectivity index (χ3v) is 4.69. The molecule has 0 unspecified atom stereocenters. The zero-order valence-electron chi connectivity index (χ0n) is 16.6. The number of guanidine groups is 1. The second kappa shape index (κ2) is 11.9. The average molecular weight is 366 g/mol. The van der Waals surface area contributed by atoms with Gasteiger partial charge >= 0.3 is 0 Å². The van der Waals surface area contributed by atoms with Crippen LogP contribution >= 0.6 is 0 Å². The van der Waals surface area contributed by atoms with Crippen LogP contribution in [0.3, 0.4) is 0 Å².